The summed E-state index contributed by atoms with van der Waals surface area (Å²) in [4.78, 5) is 14.6. The largest absolute Gasteiger partial charge is 0.494 e. The molecule has 0 atom stereocenters. The Labute approximate surface area is 129 Å². The standard InChI is InChI=1S/C15H17NO2S2/c1-3-9-16-14(17)13(20-15(16)19)10-11-5-7-12(8-6-11)18-4-2/h5-8,10H,3-4,9H2,1-2H3/b13-10-. The lowest BCUT2D eigenvalue weighted by atomic mass is 10.2. The lowest BCUT2D eigenvalue weighted by Gasteiger charge is -2.11. The van der Waals surface area contributed by atoms with Crippen molar-refractivity contribution in [1.82, 2.24) is 4.90 Å². The zero-order chi connectivity index (χ0) is 14.5. The Morgan fingerprint density at radius 1 is 1.30 bits per heavy atom. The summed E-state index contributed by atoms with van der Waals surface area (Å²) in [6.07, 6.45) is 2.79. The Morgan fingerprint density at radius 3 is 2.60 bits per heavy atom. The van der Waals surface area contributed by atoms with Crippen LogP contribution in [0.3, 0.4) is 0 Å². The average molecular weight is 307 g/mol. The maximum atomic E-state index is 12.2. The van der Waals surface area contributed by atoms with Crippen LogP contribution in [0.1, 0.15) is 25.8 Å². The van der Waals surface area contributed by atoms with Gasteiger partial charge in [0.05, 0.1) is 11.5 Å². The van der Waals surface area contributed by atoms with Crippen LogP contribution in [0.2, 0.25) is 0 Å². The number of thiocarbonyl (C=S) groups is 1. The van der Waals surface area contributed by atoms with Crippen molar-refractivity contribution in [2.75, 3.05) is 13.2 Å². The van der Waals surface area contributed by atoms with Crippen molar-refractivity contribution in [2.24, 2.45) is 0 Å². The summed E-state index contributed by atoms with van der Waals surface area (Å²) in [5.74, 6) is 0.846. The molecule has 0 spiro atoms. The van der Waals surface area contributed by atoms with Gasteiger partial charge in [-0.2, -0.15) is 0 Å². The molecule has 1 aliphatic heterocycles. The number of rotatable bonds is 5. The fraction of sp³-hybridized carbons (Fsp3) is 0.333. The topological polar surface area (TPSA) is 29.5 Å². The van der Waals surface area contributed by atoms with Crippen molar-refractivity contribution >= 4 is 40.3 Å². The number of benzene rings is 1. The lowest BCUT2D eigenvalue weighted by Crippen LogP contribution is -2.28. The van der Waals surface area contributed by atoms with Gasteiger partial charge in [0.15, 0.2) is 0 Å². The summed E-state index contributed by atoms with van der Waals surface area (Å²) in [6, 6.07) is 7.69. The monoisotopic (exact) mass is 307 g/mol. The third-order valence-electron chi connectivity index (χ3n) is 2.81. The summed E-state index contributed by atoms with van der Waals surface area (Å²) in [5, 5.41) is 0. The van der Waals surface area contributed by atoms with Crippen LogP contribution in [-0.2, 0) is 4.79 Å². The normalized spacial score (nSPS) is 17.1. The van der Waals surface area contributed by atoms with Gasteiger partial charge in [-0.3, -0.25) is 9.69 Å². The number of nitrogens with zero attached hydrogens (tertiary/aromatic N) is 1. The molecule has 1 aromatic carbocycles. The Bertz CT molecular complexity index is 537. The number of hydrogen-bond acceptors (Lipinski definition) is 4. The van der Waals surface area contributed by atoms with E-state index in [1.165, 1.54) is 11.8 Å². The van der Waals surface area contributed by atoms with Crippen LogP contribution in [0.25, 0.3) is 6.08 Å². The molecular formula is C15H17NO2S2. The van der Waals surface area contributed by atoms with E-state index in [1.807, 2.05) is 44.2 Å². The van der Waals surface area contributed by atoms with Crippen LogP contribution < -0.4 is 4.74 Å². The van der Waals surface area contributed by atoms with Gasteiger partial charge in [-0.1, -0.05) is 43.0 Å². The van der Waals surface area contributed by atoms with Gasteiger partial charge < -0.3 is 4.74 Å². The van der Waals surface area contributed by atoms with E-state index in [9.17, 15) is 4.79 Å². The number of hydrogen-bond donors (Lipinski definition) is 0. The first kappa shape index (κ1) is 15.1. The summed E-state index contributed by atoms with van der Waals surface area (Å²) in [5.41, 5.74) is 0.977. The van der Waals surface area contributed by atoms with E-state index < -0.39 is 0 Å². The minimum atomic E-state index is 0.00994. The highest BCUT2D eigenvalue weighted by molar-refractivity contribution is 8.26. The fourth-order valence-electron chi connectivity index (χ4n) is 1.89. The van der Waals surface area contributed by atoms with Gasteiger partial charge in [-0.25, -0.2) is 0 Å². The van der Waals surface area contributed by atoms with E-state index in [0.29, 0.717) is 22.4 Å². The molecule has 1 saturated heterocycles. The number of carbonyl (C=O) groups excluding carboxylic acids is 1. The second kappa shape index (κ2) is 6.90. The van der Waals surface area contributed by atoms with Gasteiger partial charge >= 0.3 is 0 Å². The van der Waals surface area contributed by atoms with Crippen LogP contribution in [0.15, 0.2) is 29.2 Å². The first-order valence-corrected chi connectivity index (χ1v) is 7.86. The predicted molar refractivity (Wildman–Crippen MR) is 87.8 cm³/mol. The van der Waals surface area contributed by atoms with Crippen molar-refractivity contribution in [3.8, 4) is 5.75 Å². The smallest absolute Gasteiger partial charge is 0.266 e. The highest BCUT2D eigenvalue weighted by atomic mass is 32.2. The van der Waals surface area contributed by atoms with Gasteiger partial charge in [0.1, 0.15) is 10.1 Å². The quantitative estimate of drug-likeness (QED) is 0.613. The van der Waals surface area contributed by atoms with Crippen LogP contribution >= 0.6 is 24.0 Å². The molecule has 3 nitrogen and oxygen atoms in total. The molecule has 5 heteroatoms. The molecule has 1 aliphatic rings. The van der Waals surface area contributed by atoms with Crippen molar-refractivity contribution in [3.63, 3.8) is 0 Å². The van der Waals surface area contributed by atoms with Crippen LogP contribution in [0.4, 0.5) is 0 Å². The van der Waals surface area contributed by atoms with E-state index >= 15 is 0 Å². The molecule has 0 unspecified atom stereocenters. The van der Waals surface area contributed by atoms with Crippen molar-refractivity contribution in [2.45, 2.75) is 20.3 Å². The van der Waals surface area contributed by atoms with E-state index in [2.05, 4.69) is 0 Å². The highest BCUT2D eigenvalue weighted by Crippen LogP contribution is 2.32. The fourth-order valence-corrected chi connectivity index (χ4v) is 3.20. The first-order chi connectivity index (χ1) is 9.65. The van der Waals surface area contributed by atoms with E-state index in [4.69, 9.17) is 17.0 Å². The lowest BCUT2D eigenvalue weighted by molar-refractivity contribution is -0.122. The molecule has 106 valence electrons. The SMILES string of the molecule is CCCN1C(=O)/C(=C/c2ccc(OCC)cc2)SC1=S. The first-order valence-electron chi connectivity index (χ1n) is 6.64. The number of amides is 1. The minimum Gasteiger partial charge on any atom is -0.494 e. The molecule has 0 aromatic heterocycles. The zero-order valence-electron chi connectivity index (χ0n) is 11.6. The van der Waals surface area contributed by atoms with Crippen LogP contribution in [-0.4, -0.2) is 28.3 Å². The predicted octanol–water partition coefficient (Wildman–Crippen LogP) is 3.70. The summed E-state index contributed by atoms with van der Waals surface area (Å²) < 4.78 is 6.04. The maximum absolute atomic E-state index is 12.2. The maximum Gasteiger partial charge on any atom is 0.266 e. The molecule has 0 aliphatic carbocycles. The molecule has 0 radical (unpaired) electrons. The molecule has 0 N–H and O–H groups in total. The molecule has 2 rings (SSSR count). The number of ether oxygens (including phenoxy) is 1. The second-order valence-electron chi connectivity index (χ2n) is 4.34. The summed E-state index contributed by atoms with van der Waals surface area (Å²) in [7, 11) is 0. The molecule has 1 heterocycles. The Morgan fingerprint density at radius 2 is 2.00 bits per heavy atom. The van der Waals surface area contributed by atoms with Gasteiger partial charge in [-0.15, -0.1) is 0 Å². The number of carbonyl (C=O) groups is 1. The Balaban J connectivity index is 2.15. The van der Waals surface area contributed by atoms with Gasteiger partial charge in [0.2, 0.25) is 0 Å². The Kier molecular flexibility index (Phi) is 5.20. The average Bonchev–Trinajstić information content (AvgIpc) is 2.69. The van der Waals surface area contributed by atoms with Crippen LogP contribution in [0, 0.1) is 0 Å². The van der Waals surface area contributed by atoms with E-state index in [0.717, 1.165) is 17.7 Å². The van der Waals surface area contributed by atoms with Crippen molar-refractivity contribution < 1.29 is 9.53 Å². The minimum absolute atomic E-state index is 0.00994. The van der Waals surface area contributed by atoms with E-state index in [-0.39, 0.29) is 5.91 Å². The van der Waals surface area contributed by atoms with Crippen molar-refractivity contribution in [1.29, 1.82) is 0 Å². The molecular weight excluding hydrogens is 290 g/mol. The number of thioether (sulfide) groups is 1. The molecule has 1 amide bonds. The van der Waals surface area contributed by atoms with Crippen LogP contribution in [0.5, 0.6) is 5.75 Å². The van der Waals surface area contributed by atoms with Crippen molar-refractivity contribution in [3.05, 3.63) is 34.7 Å². The Hall–Kier alpha value is -1.33. The summed E-state index contributed by atoms with van der Waals surface area (Å²) in [6.45, 7) is 5.32. The van der Waals surface area contributed by atoms with Gasteiger partial charge in [0.25, 0.3) is 5.91 Å². The molecule has 0 saturated carbocycles. The molecule has 1 aromatic rings. The van der Waals surface area contributed by atoms with Gasteiger partial charge in [-0.05, 0) is 37.1 Å². The third kappa shape index (κ3) is 3.41. The zero-order valence-corrected chi connectivity index (χ0v) is 13.2. The molecule has 20 heavy (non-hydrogen) atoms. The highest BCUT2D eigenvalue weighted by Gasteiger charge is 2.30. The van der Waals surface area contributed by atoms with Gasteiger partial charge in [0, 0.05) is 6.54 Å². The second-order valence-corrected chi connectivity index (χ2v) is 6.01. The molecule has 0 bridgehead atoms. The van der Waals surface area contributed by atoms with E-state index in [1.54, 1.807) is 4.90 Å². The third-order valence-corrected chi connectivity index (χ3v) is 4.19. The molecule has 1 fully saturated rings. The summed E-state index contributed by atoms with van der Waals surface area (Å²) >= 11 is 6.61.